The van der Waals surface area contributed by atoms with E-state index in [1.165, 1.54) is 5.56 Å². The predicted octanol–water partition coefficient (Wildman–Crippen LogP) is 3.75. The fourth-order valence-electron chi connectivity index (χ4n) is 1.19. The van der Waals surface area contributed by atoms with Crippen LogP contribution in [-0.4, -0.2) is 6.29 Å². The molecule has 0 unspecified atom stereocenters. The first kappa shape index (κ1) is 11.2. The molecule has 0 heterocycles. The van der Waals surface area contributed by atoms with Crippen LogP contribution in [0.1, 0.15) is 24.5 Å². The van der Waals surface area contributed by atoms with Crippen LogP contribution in [0.5, 0.6) is 0 Å². The van der Waals surface area contributed by atoms with Crippen molar-refractivity contribution in [2.45, 2.75) is 20.3 Å². The Hall–Kier alpha value is -0.890. The van der Waals surface area contributed by atoms with Gasteiger partial charge >= 0.3 is 0 Å². The van der Waals surface area contributed by atoms with Crippen molar-refractivity contribution in [1.82, 2.24) is 0 Å². The highest BCUT2D eigenvalue weighted by Crippen LogP contribution is 2.18. The maximum Gasteiger partial charge on any atom is 0.146 e. The summed E-state index contributed by atoms with van der Waals surface area (Å²) in [5.41, 5.74) is 3.08. The van der Waals surface area contributed by atoms with Gasteiger partial charge in [0.05, 0.1) is 0 Å². The summed E-state index contributed by atoms with van der Waals surface area (Å²) < 4.78 is 1.10. The summed E-state index contributed by atoms with van der Waals surface area (Å²) in [4.78, 5) is 10.6. The number of aldehydes is 1. The average molecular weight is 253 g/mol. The van der Waals surface area contributed by atoms with Gasteiger partial charge in [-0.25, -0.2) is 0 Å². The molecule has 1 nitrogen and oxygen atoms in total. The summed E-state index contributed by atoms with van der Waals surface area (Å²) in [6.07, 6.45) is 3.61. The topological polar surface area (TPSA) is 17.1 Å². The van der Waals surface area contributed by atoms with Crippen molar-refractivity contribution < 1.29 is 4.79 Å². The quantitative estimate of drug-likeness (QED) is 0.592. The highest BCUT2D eigenvalue weighted by molar-refractivity contribution is 9.10. The molecule has 0 aliphatic heterocycles. The SMILES string of the molecule is CCC(C=O)=Cc1ccc(Br)c(C)c1. The molecular formula is C12H13BrO. The summed E-state index contributed by atoms with van der Waals surface area (Å²) in [6.45, 7) is 4.01. The van der Waals surface area contributed by atoms with E-state index in [1.54, 1.807) is 0 Å². The minimum Gasteiger partial charge on any atom is -0.298 e. The standard InChI is InChI=1S/C12H13BrO/c1-3-10(8-14)7-11-4-5-12(13)9(2)6-11/h4-8H,3H2,1-2H3. The van der Waals surface area contributed by atoms with Crippen molar-refractivity contribution in [3.63, 3.8) is 0 Å². The van der Waals surface area contributed by atoms with E-state index in [0.717, 1.165) is 28.3 Å². The fourth-order valence-corrected chi connectivity index (χ4v) is 1.44. The Morgan fingerprint density at radius 3 is 2.71 bits per heavy atom. The van der Waals surface area contributed by atoms with Crippen LogP contribution in [0, 0.1) is 6.92 Å². The van der Waals surface area contributed by atoms with Gasteiger partial charge in [0, 0.05) is 4.47 Å². The van der Waals surface area contributed by atoms with Gasteiger partial charge in [0.2, 0.25) is 0 Å². The summed E-state index contributed by atoms with van der Waals surface area (Å²) >= 11 is 3.44. The third-order valence-electron chi connectivity index (χ3n) is 2.09. The summed E-state index contributed by atoms with van der Waals surface area (Å²) in [6, 6.07) is 6.05. The molecule has 0 bridgehead atoms. The minimum atomic E-state index is 0.776. The Morgan fingerprint density at radius 1 is 1.50 bits per heavy atom. The Balaban J connectivity index is 3.03. The van der Waals surface area contributed by atoms with Gasteiger partial charge in [0.25, 0.3) is 0 Å². The smallest absolute Gasteiger partial charge is 0.146 e. The van der Waals surface area contributed by atoms with Gasteiger partial charge < -0.3 is 0 Å². The van der Waals surface area contributed by atoms with Crippen LogP contribution >= 0.6 is 15.9 Å². The van der Waals surface area contributed by atoms with Gasteiger partial charge in [-0.15, -0.1) is 0 Å². The van der Waals surface area contributed by atoms with Crippen molar-refractivity contribution in [2.75, 3.05) is 0 Å². The third-order valence-corrected chi connectivity index (χ3v) is 2.98. The molecule has 0 atom stereocenters. The summed E-state index contributed by atoms with van der Waals surface area (Å²) in [5.74, 6) is 0. The Kier molecular flexibility index (Phi) is 4.08. The largest absolute Gasteiger partial charge is 0.298 e. The van der Waals surface area contributed by atoms with E-state index in [-0.39, 0.29) is 0 Å². The van der Waals surface area contributed by atoms with Crippen molar-refractivity contribution in [3.05, 3.63) is 39.4 Å². The highest BCUT2D eigenvalue weighted by atomic mass is 79.9. The lowest BCUT2D eigenvalue weighted by Gasteiger charge is -2.00. The molecule has 1 aromatic rings. The first-order chi connectivity index (χ1) is 6.67. The molecule has 14 heavy (non-hydrogen) atoms. The molecule has 0 aliphatic carbocycles. The van der Waals surface area contributed by atoms with E-state index in [0.29, 0.717) is 0 Å². The Morgan fingerprint density at radius 2 is 2.21 bits per heavy atom. The lowest BCUT2D eigenvalue weighted by molar-refractivity contribution is -0.104. The van der Waals surface area contributed by atoms with Gasteiger partial charge in [0.15, 0.2) is 0 Å². The molecule has 0 spiro atoms. The van der Waals surface area contributed by atoms with E-state index < -0.39 is 0 Å². The number of hydrogen-bond acceptors (Lipinski definition) is 1. The van der Waals surface area contributed by atoms with Crippen LogP contribution in [0.4, 0.5) is 0 Å². The van der Waals surface area contributed by atoms with Gasteiger partial charge in [-0.2, -0.15) is 0 Å². The third kappa shape index (κ3) is 2.81. The number of aryl methyl sites for hydroxylation is 1. The molecular weight excluding hydrogens is 240 g/mol. The first-order valence-electron chi connectivity index (χ1n) is 4.59. The van der Waals surface area contributed by atoms with E-state index in [1.807, 2.05) is 32.1 Å². The average Bonchev–Trinajstić information content (AvgIpc) is 2.19. The monoisotopic (exact) mass is 252 g/mol. The molecule has 1 rings (SSSR count). The second-order valence-corrected chi connectivity index (χ2v) is 4.05. The molecule has 0 aliphatic rings. The van der Waals surface area contributed by atoms with Crippen molar-refractivity contribution in [3.8, 4) is 0 Å². The second kappa shape index (κ2) is 5.11. The molecule has 74 valence electrons. The Bertz CT molecular complexity index is 367. The molecule has 0 N–H and O–H groups in total. The van der Waals surface area contributed by atoms with Crippen LogP contribution < -0.4 is 0 Å². The number of carbonyl (C=O) groups is 1. The van der Waals surface area contributed by atoms with Gasteiger partial charge in [-0.05, 0) is 42.2 Å². The number of rotatable bonds is 3. The first-order valence-corrected chi connectivity index (χ1v) is 5.38. The number of halogens is 1. The zero-order valence-electron chi connectivity index (χ0n) is 8.38. The van der Waals surface area contributed by atoms with E-state index in [9.17, 15) is 4.79 Å². The number of carbonyl (C=O) groups excluding carboxylic acids is 1. The van der Waals surface area contributed by atoms with E-state index >= 15 is 0 Å². The second-order valence-electron chi connectivity index (χ2n) is 3.20. The molecule has 0 amide bonds. The predicted molar refractivity (Wildman–Crippen MR) is 63.2 cm³/mol. The zero-order valence-corrected chi connectivity index (χ0v) is 9.97. The normalized spacial score (nSPS) is 11.5. The van der Waals surface area contributed by atoms with Gasteiger partial charge in [-0.1, -0.05) is 35.0 Å². The molecule has 0 saturated heterocycles. The van der Waals surface area contributed by atoms with Crippen molar-refractivity contribution in [2.24, 2.45) is 0 Å². The van der Waals surface area contributed by atoms with Crippen LogP contribution in [0.15, 0.2) is 28.2 Å². The minimum absolute atomic E-state index is 0.776. The molecule has 1 aromatic carbocycles. The van der Waals surface area contributed by atoms with Gasteiger partial charge in [0.1, 0.15) is 6.29 Å². The van der Waals surface area contributed by atoms with Gasteiger partial charge in [-0.3, -0.25) is 4.79 Å². The number of hydrogen-bond donors (Lipinski definition) is 0. The lowest BCUT2D eigenvalue weighted by atomic mass is 10.1. The van der Waals surface area contributed by atoms with Crippen molar-refractivity contribution in [1.29, 1.82) is 0 Å². The summed E-state index contributed by atoms with van der Waals surface area (Å²) in [5, 5.41) is 0. The van der Waals surface area contributed by atoms with Crippen LogP contribution in [-0.2, 0) is 4.79 Å². The fraction of sp³-hybridized carbons (Fsp3) is 0.250. The number of benzene rings is 1. The maximum atomic E-state index is 10.6. The molecule has 0 fully saturated rings. The molecule has 0 aromatic heterocycles. The Labute approximate surface area is 93.0 Å². The van der Waals surface area contributed by atoms with E-state index in [2.05, 4.69) is 22.0 Å². The lowest BCUT2D eigenvalue weighted by Crippen LogP contribution is -1.83. The van der Waals surface area contributed by atoms with Crippen LogP contribution in [0.2, 0.25) is 0 Å². The zero-order chi connectivity index (χ0) is 10.6. The highest BCUT2D eigenvalue weighted by Gasteiger charge is 1.96. The molecule has 0 radical (unpaired) electrons. The van der Waals surface area contributed by atoms with Crippen LogP contribution in [0.25, 0.3) is 6.08 Å². The maximum absolute atomic E-state index is 10.6. The molecule has 2 heteroatoms. The number of allylic oxidation sites excluding steroid dienone is 1. The molecule has 0 saturated carbocycles. The van der Waals surface area contributed by atoms with E-state index in [4.69, 9.17) is 0 Å². The van der Waals surface area contributed by atoms with Crippen LogP contribution in [0.3, 0.4) is 0 Å². The summed E-state index contributed by atoms with van der Waals surface area (Å²) in [7, 11) is 0. The van der Waals surface area contributed by atoms with Crippen molar-refractivity contribution >= 4 is 28.3 Å².